The second-order valence-electron chi connectivity index (χ2n) is 3.96. The van der Waals surface area contributed by atoms with Crippen LogP contribution < -0.4 is 10.6 Å². The second kappa shape index (κ2) is 7.62. The normalized spacial score (nSPS) is 11.8. The first kappa shape index (κ1) is 15.4. The summed E-state index contributed by atoms with van der Waals surface area (Å²) < 4.78 is 22.2. The van der Waals surface area contributed by atoms with Crippen molar-refractivity contribution in [2.24, 2.45) is 0 Å². The third-order valence-corrected chi connectivity index (χ3v) is 3.71. The molecule has 0 bridgehead atoms. The number of nitrogens with one attached hydrogen (secondary N) is 2. The minimum absolute atomic E-state index is 0.0131. The summed E-state index contributed by atoms with van der Waals surface area (Å²) in [7, 11) is -2.90. The lowest BCUT2D eigenvalue weighted by Gasteiger charge is -2.08. The van der Waals surface area contributed by atoms with Gasteiger partial charge in [-0.25, -0.2) is 8.42 Å². The lowest BCUT2D eigenvalue weighted by atomic mass is 10.3. The minimum Gasteiger partial charge on any atom is -0.354 e. The van der Waals surface area contributed by atoms with Crippen LogP contribution in [0.15, 0.2) is 0 Å². The van der Waals surface area contributed by atoms with Crippen LogP contribution >= 0.6 is 0 Å². The molecule has 0 unspecified atom stereocenters. The van der Waals surface area contributed by atoms with Crippen LogP contribution in [0, 0.1) is 0 Å². The molecule has 0 aromatic carbocycles. The van der Waals surface area contributed by atoms with Gasteiger partial charge in [0.15, 0.2) is 9.84 Å². The highest BCUT2D eigenvalue weighted by molar-refractivity contribution is 7.91. The lowest BCUT2D eigenvalue weighted by Crippen LogP contribution is -2.33. The van der Waals surface area contributed by atoms with E-state index in [9.17, 15) is 13.2 Å². The Balaban J connectivity index is 3.51. The maximum atomic E-state index is 11.2. The molecular weight excluding hydrogens is 228 g/mol. The van der Waals surface area contributed by atoms with Gasteiger partial charge in [0.05, 0.1) is 5.75 Å². The molecule has 0 heterocycles. The zero-order valence-corrected chi connectivity index (χ0v) is 11.1. The van der Waals surface area contributed by atoms with Crippen molar-refractivity contribution in [2.75, 3.05) is 24.6 Å². The molecule has 5 nitrogen and oxygen atoms in total. The number of carbonyl (C=O) groups excluding carboxylic acids is 1. The molecule has 2 N–H and O–H groups in total. The summed E-state index contributed by atoms with van der Waals surface area (Å²) in [6.45, 7) is 6.35. The Morgan fingerprint density at radius 2 is 1.88 bits per heavy atom. The third kappa shape index (κ3) is 8.67. The molecule has 0 atom stereocenters. The van der Waals surface area contributed by atoms with Gasteiger partial charge in [-0.2, -0.15) is 0 Å². The average molecular weight is 250 g/mol. The number of hydrogen-bond donors (Lipinski definition) is 2. The zero-order valence-electron chi connectivity index (χ0n) is 10.2. The Morgan fingerprint density at radius 3 is 2.38 bits per heavy atom. The van der Waals surface area contributed by atoms with E-state index in [1.807, 2.05) is 13.8 Å². The Labute approximate surface area is 97.9 Å². The maximum absolute atomic E-state index is 11.2. The largest absolute Gasteiger partial charge is 0.354 e. The zero-order chi connectivity index (χ0) is 12.6. The first-order valence-corrected chi connectivity index (χ1v) is 7.40. The van der Waals surface area contributed by atoms with Crippen molar-refractivity contribution >= 4 is 15.7 Å². The van der Waals surface area contributed by atoms with E-state index in [1.54, 1.807) is 6.92 Å². The smallest absolute Gasteiger partial charge is 0.221 e. The Bertz CT molecular complexity index is 299. The molecular formula is C10H22N2O3S. The molecule has 96 valence electrons. The van der Waals surface area contributed by atoms with Crippen LogP contribution in [0.4, 0.5) is 0 Å². The number of hydrogen-bond acceptors (Lipinski definition) is 4. The van der Waals surface area contributed by atoms with Crippen LogP contribution in [0.25, 0.3) is 0 Å². The molecule has 0 radical (unpaired) electrons. The van der Waals surface area contributed by atoms with Crippen molar-refractivity contribution in [3.05, 3.63) is 0 Å². The summed E-state index contributed by atoms with van der Waals surface area (Å²) in [6.07, 6.45) is 0.379. The van der Waals surface area contributed by atoms with Crippen molar-refractivity contribution in [1.29, 1.82) is 0 Å². The monoisotopic (exact) mass is 250 g/mol. The predicted octanol–water partition coefficient (Wildman–Crippen LogP) is -0.0746. The van der Waals surface area contributed by atoms with E-state index < -0.39 is 9.84 Å². The van der Waals surface area contributed by atoms with E-state index in [0.29, 0.717) is 19.5 Å². The van der Waals surface area contributed by atoms with Crippen LogP contribution in [-0.4, -0.2) is 45.0 Å². The average Bonchev–Trinajstić information content (AvgIpc) is 2.16. The highest BCUT2D eigenvalue weighted by Gasteiger charge is 2.06. The number of rotatable bonds is 8. The molecule has 1 amide bonds. The van der Waals surface area contributed by atoms with Crippen LogP contribution in [0.5, 0.6) is 0 Å². The molecule has 16 heavy (non-hydrogen) atoms. The van der Waals surface area contributed by atoms with Crippen LogP contribution in [-0.2, 0) is 14.6 Å². The molecule has 0 fully saturated rings. The fraction of sp³-hybridized carbons (Fsp3) is 0.900. The van der Waals surface area contributed by atoms with Gasteiger partial charge in [0.1, 0.15) is 0 Å². The molecule has 6 heteroatoms. The summed E-state index contributed by atoms with van der Waals surface area (Å²) in [5.74, 6) is 0.290. The molecule has 0 rings (SSSR count). The molecule has 0 aliphatic heterocycles. The molecule has 0 aromatic heterocycles. The van der Waals surface area contributed by atoms with Gasteiger partial charge in [0, 0.05) is 31.3 Å². The number of amides is 1. The minimum atomic E-state index is -2.90. The third-order valence-electron chi connectivity index (χ3n) is 2.01. The first-order chi connectivity index (χ1) is 7.37. The highest BCUT2D eigenvalue weighted by atomic mass is 32.2. The van der Waals surface area contributed by atoms with Crippen molar-refractivity contribution in [3.63, 3.8) is 0 Å². The summed E-state index contributed by atoms with van der Waals surface area (Å²) in [4.78, 5) is 11.2. The van der Waals surface area contributed by atoms with Gasteiger partial charge in [-0.05, 0) is 13.8 Å². The van der Waals surface area contributed by atoms with Gasteiger partial charge in [-0.1, -0.05) is 6.92 Å². The molecule has 0 aliphatic rings. The van der Waals surface area contributed by atoms with Gasteiger partial charge in [0.25, 0.3) is 0 Å². The molecule has 0 aromatic rings. The number of sulfone groups is 1. The SMILES string of the molecule is CCS(=O)(=O)CCNCCC(=O)NC(C)C. The summed E-state index contributed by atoms with van der Waals surface area (Å²) in [5.41, 5.74) is 0. The van der Waals surface area contributed by atoms with E-state index in [-0.39, 0.29) is 23.5 Å². The lowest BCUT2D eigenvalue weighted by molar-refractivity contribution is -0.121. The topological polar surface area (TPSA) is 75.3 Å². The van der Waals surface area contributed by atoms with Crippen molar-refractivity contribution in [2.45, 2.75) is 33.2 Å². The molecule has 0 saturated heterocycles. The number of carbonyl (C=O) groups is 1. The highest BCUT2D eigenvalue weighted by Crippen LogP contribution is 1.87. The van der Waals surface area contributed by atoms with Crippen molar-refractivity contribution < 1.29 is 13.2 Å². The van der Waals surface area contributed by atoms with E-state index in [1.165, 1.54) is 0 Å². The van der Waals surface area contributed by atoms with E-state index in [4.69, 9.17) is 0 Å². The summed E-state index contributed by atoms with van der Waals surface area (Å²) >= 11 is 0. The van der Waals surface area contributed by atoms with Crippen LogP contribution in [0.3, 0.4) is 0 Å². The van der Waals surface area contributed by atoms with Gasteiger partial charge in [0.2, 0.25) is 5.91 Å². The Kier molecular flexibility index (Phi) is 7.33. The quantitative estimate of drug-likeness (QED) is 0.591. The van der Waals surface area contributed by atoms with Crippen LogP contribution in [0.2, 0.25) is 0 Å². The second-order valence-corrected chi connectivity index (χ2v) is 6.43. The van der Waals surface area contributed by atoms with Gasteiger partial charge in [-0.3, -0.25) is 4.79 Å². The molecule has 0 spiro atoms. The summed E-state index contributed by atoms with van der Waals surface area (Å²) in [6, 6.07) is 0.146. The standard InChI is InChI=1S/C10H22N2O3S/c1-4-16(14,15)8-7-11-6-5-10(13)12-9(2)3/h9,11H,4-8H2,1-3H3,(H,12,13). The van der Waals surface area contributed by atoms with Crippen molar-refractivity contribution in [1.82, 2.24) is 10.6 Å². The van der Waals surface area contributed by atoms with E-state index in [0.717, 1.165) is 0 Å². The van der Waals surface area contributed by atoms with Gasteiger partial charge < -0.3 is 10.6 Å². The maximum Gasteiger partial charge on any atom is 0.221 e. The van der Waals surface area contributed by atoms with E-state index >= 15 is 0 Å². The Hall–Kier alpha value is -0.620. The fourth-order valence-corrected chi connectivity index (χ4v) is 1.84. The van der Waals surface area contributed by atoms with Gasteiger partial charge in [-0.15, -0.1) is 0 Å². The van der Waals surface area contributed by atoms with Gasteiger partial charge >= 0.3 is 0 Å². The fourth-order valence-electron chi connectivity index (χ4n) is 1.09. The van der Waals surface area contributed by atoms with E-state index in [2.05, 4.69) is 10.6 Å². The summed E-state index contributed by atoms with van der Waals surface area (Å²) in [5, 5.41) is 5.70. The Morgan fingerprint density at radius 1 is 1.25 bits per heavy atom. The first-order valence-electron chi connectivity index (χ1n) is 5.58. The predicted molar refractivity (Wildman–Crippen MR) is 65.1 cm³/mol. The van der Waals surface area contributed by atoms with Crippen LogP contribution in [0.1, 0.15) is 27.2 Å². The van der Waals surface area contributed by atoms with Crippen molar-refractivity contribution in [3.8, 4) is 0 Å². The molecule has 0 saturated carbocycles. The molecule has 0 aliphatic carbocycles.